The molecule has 2 fully saturated rings. The van der Waals surface area contributed by atoms with E-state index in [1.54, 1.807) is 4.90 Å². The summed E-state index contributed by atoms with van der Waals surface area (Å²) in [6.07, 6.45) is 7.06. The number of carbonyl (C=O) groups excluding carboxylic acids is 2. The maximum atomic E-state index is 11.9. The van der Waals surface area contributed by atoms with Gasteiger partial charge in [-0.15, -0.1) is 0 Å². The first kappa shape index (κ1) is 11.4. The summed E-state index contributed by atoms with van der Waals surface area (Å²) < 4.78 is 0. The van der Waals surface area contributed by atoms with Crippen molar-refractivity contribution >= 4 is 11.9 Å². The third-order valence-corrected chi connectivity index (χ3v) is 3.82. The topological polar surface area (TPSA) is 49.4 Å². The Hall–Kier alpha value is -1.06. The number of nitrogens with one attached hydrogen (secondary N) is 1. The van der Waals surface area contributed by atoms with Crippen LogP contribution in [0.3, 0.4) is 0 Å². The van der Waals surface area contributed by atoms with E-state index in [9.17, 15) is 9.59 Å². The van der Waals surface area contributed by atoms with Gasteiger partial charge in [-0.2, -0.15) is 0 Å². The molecule has 0 unspecified atom stereocenters. The molecule has 2 rings (SSSR count). The van der Waals surface area contributed by atoms with Crippen molar-refractivity contribution in [3.8, 4) is 0 Å². The molecule has 16 heavy (non-hydrogen) atoms. The first-order valence-electron chi connectivity index (χ1n) is 6.34. The summed E-state index contributed by atoms with van der Waals surface area (Å²) in [7, 11) is 0. The van der Waals surface area contributed by atoms with Gasteiger partial charge < -0.3 is 4.90 Å². The van der Waals surface area contributed by atoms with Crippen molar-refractivity contribution in [2.24, 2.45) is 0 Å². The molecule has 0 atom stereocenters. The Morgan fingerprint density at radius 2 is 1.94 bits per heavy atom. The molecule has 1 saturated heterocycles. The normalized spacial score (nSPS) is 23.2. The zero-order valence-corrected chi connectivity index (χ0v) is 9.92. The van der Waals surface area contributed by atoms with Crippen molar-refractivity contribution in [3.05, 3.63) is 0 Å². The van der Waals surface area contributed by atoms with Gasteiger partial charge in [-0.05, 0) is 19.3 Å². The SMILES string of the molecule is CCCCCN1C(=O)NC(=O)C12CCCC2. The van der Waals surface area contributed by atoms with Crippen LogP contribution in [0.15, 0.2) is 0 Å². The molecule has 1 saturated carbocycles. The van der Waals surface area contributed by atoms with E-state index in [2.05, 4.69) is 12.2 Å². The minimum absolute atomic E-state index is 0.0634. The fourth-order valence-electron chi connectivity index (χ4n) is 2.89. The monoisotopic (exact) mass is 224 g/mol. The van der Waals surface area contributed by atoms with Crippen LogP contribution in [0.4, 0.5) is 4.79 Å². The number of hydrogen-bond acceptors (Lipinski definition) is 2. The van der Waals surface area contributed by atoms with Crippen LogP contribution < -0.4 is 5.32 Å². The van der Waals surface area contributed by atoms with Crippen LogP contribution in [-0.4, -0.2) is 28.9 Å². The molecule has 0 aromatic heterocycles. The van der Waals surface area contributed by atoms with Gasteiger partial charge in [0.15, 0.2) is 0 Å². The van der Waals surface area contributed by atoms with E-state index in [-0.39, 0.29) is 11.9 Å². The van der Waals surface area contributed by atoms with Gasteiger partial charge in [-0.25, -0.2) is 4.79 Å². The van der Waals surface area contributed by atoms with E-state index in [1.165, 1.54) is 0 Å². The summed E-state index contributed by atoms with van der Waals surface area (Å²) in [5, 5.41) is 2.47. The van der Waals surface area contributed by atoms with Gasteiger partial charge in [-0.1, -0.05) is 32.6 Å². The number of hydrogen-bond donors (Lipinski definition) is 1. The average molecular weight is 224 g/mol. The molecule has 4 nitrogen and oxygen atoms in total. The van der Waals surface area contributed by atoms with E-state index < -0.39 is 5.54 Å². The van der Waals surface area contributed by atoms with Gasteiger partial charge in [0.25, 0.3) is 5.91 Å². The summed E-state index contributed by atoms with van der Waals surface area (Å²) in [6.45, 7) is 2.87. The second-order valence-corrected chi connectivity index (χ2v) is 4.86. The van der Waals surface area contributed by atoms with Crippen LogP contribution in [-0.2, 0) is 4.79 Å². The quantitative estimate of drug-likeness (QED) is 0.587. The third kappa shape index (κ3) is 1.70. The number of urea groups is 1. The first-order valence-corrected chi connectivity index (χ1v) is 6.34. The largest absolute Gasteiger partial charge is 0.325 e. The van der Waals surface area contributed by atoms with Crippen LogP contribution >= 0.6 is 0 Å². The molecule has 1 spiro atoms. The van der Waals surface area contributed by atoms with Crippen LogP contribution in [0.25, 0.3) is 0 Å². The second kappa shape index (κ2) is 4.44. The highest BCUT2D eigenvalue weighted by molar-refractivity contribution is 6.07. The minimum Gasteiger partial charge on any atom is -0.310 e. The van der Waals surface area contributed by atoms with Crippen molar-refractivity contribution in [1.29, 1.82) is 0 Å². The Balaban J connectivity index is 2.07. The predicted octanol–water partition coefficient (Wildman–Crippen LogP) is 2.04. The Bertz CT molecular complexity index is 295. The number of nitrogens with zero attached hydrogens (tertiary/aromatic N) is 1. The van der Waals surface area contributed by atoms with E-state index >= 15 is 0 Å². The van der Waals surface area contributed by atoms with E-state index in [1.807, 2.05) is 0 Å². The van der Waals surface area contributed by atoms with E-state index in [0.29, 0.717) is 0 Å². The Morgan fingerprint density at radius 1 is 1.25 bits per heavy atom. The van der Waals surface area contributed by atoms with Crippen LogP contribution in [0, 0.1) is 0 Å². The standard InChI is InChI=1S/C12H20N2O2/c1-2-3-6-9-14-11(16)13-10(15)12(14)7-4-5-8-12/h2-9H2,1H3,(H,13,15,16). The summed E-state index contributed by atoms with van der Waals surface area (Å²) in [4.78, 5) is 25.4. The lowest BCUT2D eigenvalue weighted by molar-refractivity contribution is -0.126. The van der Waals surface area contributed by atoms with Crippen molar-refractivity contribution < 1.29 is 9.59 Å². The lowest BCUT2D eigenvalue weighted by Gasteiger charge is -2.31. The van der Waals surface area contributed by atoms with E-state index in [4.69, 9.17) is 0 Å². The summed E-state index contributed by atoms with van der Waals surface area (Å²) in [5.41, 5.74) is -0.481. The van der Waals surface area contributed by atoms with Gasteiger partial charge >= 0.3 is 6.03 Å². The van der Waals surface area contributed by atoms with Gasteiger partial charge in [-0.3, -0.25) is 10.1 Å². The summed E-state index contributed by atoms with van der Waals surface area (Å²) in [6, 6.07) is -0.178. The fourth-order valence-corrected chi connectivity index (χ4v) is 2.89. The number of amides is 3. The molecule has 3 amide bonds. The minimum atomic E-state index is -0.481. The van der Waals surface area contributed by atoms with Crippen molar-refractivity contribution in [3.63, 3.8) is 0 Å². The Morgan fingerprint density at radius 3 is 2.56 bits per heavy atom. The molecule has 1 heterocycles. The maximum Gasteiger partial charge on any atom is 0.325 e. The summed E-state index contributed by atoms with van der Waals surface area (Å²) in [5.74, 6) is -0.0634. The molecular formula is C12H20N2O2. The first-order chi connectivity index (χ1) is 7.70. The molecule has 0 bridgehead atoms. The Labute approximate surface area is 96.4 Å². The molecule has 1 aliphatic carbocycles. The molecular weight excluding hydrogens is 204 g/mol. The number of imide groups is 1. The lowest BCUT2D eigenvalue weighted by atomic mass is 9.96. The molecule has 4 heteroatoms. The highest BCUT2D eigenvalue weighted by Gasteiger charge is 2.53. The number of carbonyl (C=O) groups is 2. The number of unbranched alkanes of at least 4 members (excludes halogenated alkanes) is 2. The molecule has 2 aliphatic rings. The Kier molecular flexibility index (Phi) is 3.17. The second-order valence-electron chi connectivity index (χ2n) is 4.86. The highest BCUT2D eigenvalue weighted by atomic mass is 16.2. The molecule has 0 aromatic rings. The van der Waals surface area contributed by atoms with Crippen molar-refractivity contribution in [2.45, 2.75) is 57.4 Å². The van der Waals surface area contributed by atoms with Crippen molar-refractivity contribution in [1.82, 2.24) is 10.2 Å². The summed E-state index contributed by atoms with van der Waals surface area (Å²) >= 11 is 0. The zero-order valence-electron chi connectivity index (χ0n) is 9.92. The average Bonchev–Trinajstić information content (AvgIpc) is 2.81. The predicted molar refractivity (Wildman–Crippen MR) is 61.0 cm³/mol. The van der Waals surface area contributed by atoms with Gasteiger partial charge in [0.2, 0.25) is 0 Å². The molecule has 1 N–H and O–H groups in total. The van der Waals surface area contributed by atoms with Crippen LogP contribution in [0.1, 0.15) is 51.9 Å². The molecule has 90 valence electrons. The van der Waals surface area contributed by atoms with Crippen molar-refractivity contribution in [2.75, 3.05) is 6.54 Å². The lowest BCUT2D eigenvalue weighted by Crippen LogP contribution is -2.47. The van der Waals surface area contributed by atoms with Gasteiger partial charge in [0.1, 0.15) is 5.54 Å². The van der Waals surface area contributed by atoms with Gasteiger partial charge in [0, 0.05) is 6.54 Å². The molecule has 1 aliphatic heterocycles. The van der Waals surface area contributed by atoms with Crippen LogP contribution in [0.5, 0.6) is 0 Å². The van der Waals surface area contributed by atoms with E-state index in [0.717, 1.165) is 51.5 Å². The molecule has 0 radical (unpaired) electrons. The molecule has 0 aromatic carbocycles. The third-order valence-electron chi connectivity index (χ3n) is 3.82. The zero-order chi connectivity index (χ0) is 11.6. The highest BCUT2D eigenvalue weighted by Crippen LogP contribution is 2.38. The number of rotatable bonds is 4. The fraction of sp³-hybridized carbons (Fsp3) is 0.833. The van der Waals surface area contributed by atoms with Gasteiger partial charge in [0.05, 0.1) is 0 Å². The van der Waals surface area contributed by atoms with Crippen LogP contribution in [0.2, 0.25) is 0 Å². The smallest absolute Gasteiger partial charge is 0.310 e. The maximum absolute atomic E-state index is 11.9.